The molecule has 0 N–H and O–H groups in total. The topological polar surface area (TPSA) is 84.8 Å². The summed E-state index contributed by atoms with van der Waals surface area (Å²) in [5.41, 5.74) is 2.50. The Bertz CT molecular complexity index is 1570. The second-order valence-electron chi connectivity index (χ2n) is 11.0. The average molecular weight is 664 g/mol. The van der Waals surface area contributed by atoms with Gasteiger partial charge in [0.05, 0.1) is 32.1 Å². The van der Waals surface area contributed by atoms with E-state index in [2.05, 4.69) is 4.99 Å². The van der Waals surface area contributed by atoms with Crippen LogP contribution in [0.3, 0.4) is 0 Å². The Morgan fingerprint density at radius 3 is 1.65 bits per heavy atom. The smallest absolute Gasteiger partial charge is 0.453 e. The molecule has 11 heteroatoms. The summed E-state index contributed by atoms with van der Waals surface area (Å²) in [6.07, 6.45) is -11.4. The van der Waals surface area contributed by atoms with Crippen LogP contribution in [0.1, 0.15) is 23.6 Å². The highest BCUT2D eigenvalue weighted by molar-refractivity contribution is 5.84. The van der Waals surface area contributed by atoms with Crippen LogP contribution in [0.25, 0.3) is 0 Å². The van der Waals surface area contributed by atoms with Gasteiger partial charge in [0.15, 0.2) is 6.10 Å². The third-order valence-electron chi connectivity index (χ3n) is 7.31. The van der Waals surface area contributed by atoms with Gasteiger partial charge in [-0.1, -0.05) is 109 Å². The standard InChI is InChI=1S/C37H36F3NO7/c1-26(42)46-34-33(45-24-29-18-10-4-11-19-29)32(44-23-28-16-8-3-9-17-28)31(25-43-22-27-14-6-2-7-15-27)47-35(34)48-36(37(38,39)40)41-30-20-12-5-13-21-30/h2-21,31-35H,22-25H2,1H3/t31-,32-,33+,34-,35?/m1/s1. The largest absolute Gasteiger partial charge is 0.468 e. The van der Waals surface area contributed by atoms with Crippen molar-refractivity contribution >= 4 is 17.6 Å². The third kappa shape index (κ3) is 10.2. The number of alkyl halides is 3. The lowest BCUT2D eigenvalue weighted by atomic mass is 9.97. The number of benzene rings is 4. The summed E-state index contributed by atoms with van der Waals surface area (Å²) in [5.74, 6) is -2.36. The number of hydrogen-bond acceptors (Lipinski definition) is 8. The number of esters is 1. The molecule has 1 heterocycles. The first-order valence-corrected chi connectivity index (χ1v) is 15.4. The number of aliphatic imine (C=N–C) groups is 1. The van der Waals surface area contributed by atoms with Gasteiger partial charge >= 0.3 is 12.1 Å². The maximum absolute atomic E-state index is 14.4. The highest BCUT2D eigenvalue weighted by Gasteiger charge is 2.53. The first kappa shape index (κ1) is 34.8. The quantitative estimate of drug-likeness (QED) is 0.0841. The van der Waals surface area contributed by atoms with Gasteiger partial charge in [-0.15, -0.1) is 0 Å². The highest BCUT2D eigenvalue weighted by Crippen LogP contribution is 2.33. The van der Waals surface area contributed by atoms with Gasteiger partial charge in [-0.3, -0.25) is 4.79 Å². The van der Waals surface area contributed by atoms with E-state index in [9.17, 15) is 18.0 Å². The summed E-state index contributed by atoms with van der Waals surface area (Å²) < 4.78 is 79.2. The van der Waals surface area contributed by atoms with Crippen molar-refractivity contribution in [1.82, 2.24) is 0 Å². The minimum Gasteiger partial charge on any atom is -0.453 e. The lowest BCUT2D eigenvalue weighted by molar-refractivity contribution is -0.308. The molecule has 1 aliphatic rings. The SMILES string of the molecule is CC(=O)O[C@H]1C(OC(=Nc2ccccc2)C(F)(F)F)O[C@H](COCc2ccccc2)[C@@H](OCc2ccccc2)[C@@H]1OCc1ccccc1. The number of ether oxygens (including phenoxy) is 6. The lowest BCUT2D eigenvalue weighted by Gasteiger charge is -2.45. The second-order valence-corrected chi connectivity index (χ2v) is 11.0. The molecule has 5 atom stereocenters. The number of carbonyl (C=O) groups is 1. The van der Waals surface area contributed by atoms with Gasteiger partial charge in [-0.2, -0.15) is 13.2 Å². The van der Waals surface area contributed by atoms with E-state index in [0.29, 0.717) is 0 Å². The molecule has 0 bridgehead atoms. The molecule has 0 saturated carbocycles. The number of hydrogen-bond donors (Lipinski definition) is 0. The monoisotopic (exact) mass is 663 g/mol. The van der Waals surface area contributed by atoms with Gasteiger partial charge in [-0.25, -0.2) is 4.99 Å². The fourth-order valence-corrected chi connectivity index (χ4v) is 5.10. The van der Waals surface area contributed by atoms with E-state index in [0.717, 1.165) is 23.6 Å². The van der Waals surface area contributed by atoms with Crippen molar-refractivity contribution in [3.05, 3.63) is 138 Å². The van der Waals surface area contributed by atoms with E-state index in [1.165, 1.54) is 12.1 Å². The molecule has 0 aromatic heterocycles. The fourth-order valence-electron chi connectivity index (χ4n) is 5.10. The Morgan fingerprint density at radius 2 is 1.15 bits per heavy atom. The minimum atomic E-state index is -5.01. The summed E-state index contributed by atoms with van der Waals surface area (Å²) in [6, 6.07) is 35.4. The second kappa shape index (κ2) is 17.0. The first-order valence-electron chi connectivity index (χ1n) is 15.4. The zero-order valence-electron chi connectivity index (χ0n) is 26.2. The summed E-state index contributed by atoms with van der Waals surface area (Å²) >= 11 is 0. The normalized spacial score (nSPS) is 21.4. The molecule has 0 aliphatic carbocycles. The van der Waals surface area contributed by atoms with Gasteiger partial charge in [0.25, 0.3) is 5.90 Å². The number of nitrogens with zero attached hydrogens (tertiary/aromatic N) is 1. The molecule has 0 spiro atoms. The maximum atomic E-state index is 14.4. The molecule has 48 heavy (non-hydrogen) atoms. The van der Waals surface area contributed by atoms with Crippen molar-refractivity contribution < 1.29 is 46.4 Å². The van der Waals surface area contributed by atoms with Crippen molar-refractivity contribution in [3.8, 4) is 0 Å². The van der Waals surface area contributed by atoms with Crippen LogP contribution in [-0.2, 0) is 53.0 Å². The molecule has 4 aromatic carbocycles. The molecule has 0 amide bonds. The summed E-state index contributed by atoms with van der Waals surface area (Å²) in [5, 5.41) is 0. The van der Waals surface area contributed by atoms with E-state index in [4.69, 9.17) is 28.4 Å². The van der Waals surface area contributed by atoms with E-state index in [1.807, 2.05) is 91.0 Å². The molecule has 8 nitrogen and oxygen atoms in total. The van der Waals surface area contributed by atoms with Crippen LogP contribution < -0.4 is 0 Å². The van der Waals surface area contributed by atoms with E-state index in [1.54, 1.807) is 18.2 Å². The molecule has 1 saturated heterocycles. The van der Waals surface area contributed by atoms with E-state index >= 15 is 0 Å². The Labute approximate surface area is 277 Å². The van der Waals surface area contributed by atoms with Crippen molar-refractivity contribution in [1.29, 1.82) is 0 Å². The molecule has 1 aliphatic heterocycles. The van der Waals surface area contributed by atoms with Gasteiger partial charge in [-0.05, 0) is 28.8 Å². The summed E-state index contributed by atoms with van der Waals surface area (Å²) in [6.45, 7) is 1.37. The maximum Gasteiger partial charge on any atom is 0.468 e. The number of rotatable bonds is 13. The molecule has 1 unspecified atom stereocenters. The molecular weight excluding hydrogens is 627 g/mol. The Hall–Kier alpha value is -4.55. The molecular formula is C37H36F3NO7. The highest BCUT2D eigenvalue weighted by atomic mass is 19.4. The molecule has 0 radical (unpaired) electrons. The third-order valence-corrected chi connectivity index (χ3v) is 7.31. The molecule has 1 fully saturated rings. The van der Waals surface area contributed by atoms with Crippen molar-refractivity contribution in [3.63, 3.8) is 0 Å². The van der Waals surface area contributed by atoms with Gasteiger partial charge in [0.1, 0.15) is 18.3 Å². The van der Waals surface area contributed by atoms with E-state index in [-0.39, 0.29) is 32.1 Å². The average Bonchev–Trinajstić information content (AvgIpc) is 3.09. The van der Waals surface area contributed by atoms with Crippen LogP contribution in [0, 0.1) is 0 Å². The molecule has 5 rings (SSSR count). The predicted octanol–water partition coefficient (Wildman–Crippen LogP) is 7.34. The van der Waals surface area contributed by atoms with Crippen LogP contribution in [0.2, 0.25) is 0 Å². The summed E-state index contributed by atoms with van der Waals surface area (Å²) in [4.78, 5) is 16.2. The first-order chi connectivity index (χ1) is 23.3. The van der Waals surface area contributed by atoms with Crippen molar-refractivity contribution in [2.75, 3.05) is 6.61 Å². The number of para-hydroxylation sites is 1. The lowest BCUT2D eigenvalue weighted by Crippen LogP contribution is -2.62. The van der Waals surface area contributed by atoms with Crippen LogP contribution in [0.5, 0.6) is 0 Å². The Balaban J connectivity index is 1.50. The molecule has 4 aromatic rings. The van der Waals surface area contributed by atoms with Gasteiger partial charge < -0.3 is 28.4 Å². The predicted molar refractivity (Wildman–Crippen MR) is 171 cm³/mol. The zero-order valence-corrected chi connectivity index (χ0v) is 26.2. The van der Waals surface area contributed by atoms with Crippen molar-refractivity contribution in [2.24, 2.45) is 4.99 Å². The van der Waals surface area contributed by atoms with Crippen LogP contribution >= 0.6 is 0 Å². The Morgan fingerprint density at radius 1 is 0.667 bits per heavy atom. The van der Waals surface area contributed by atoms with Gasteiger partial charge in [0.2, 0.25) is 6.29 Å². The van der Waals surface area contributed by atoms with Crippen LogP contribution in [-0.4, -0.2) is 55.4 Å². The summed E-state index contributed by atoms with van der Waals surface area (Å²) in [7, 11) is 0. The fraction of sp³-hybridized carbons (Fsp3) is 0.297. The van der Waals surface area contributed by atoms with E-state index < -0.39 is 48.7 Å². The van der Waals surface area contributed by atoms with Crippen LogP contribution in [0.15, 0.2) is 126 Å². The van der Waals surface area contributed by atoms with Crippen molar-refractivity contribution in [2.45, 2.75) is 63.6 Å². The number of carbonyl (C=O) groups excluding carboxylic acids is 1. The zero-order chi connectivity index (χ0) is 33.8. The minimum absolute atomic E-state index is 0.00774. The molecule has 252 valence electrons. The van der Waals surface area contributed by atoms with Crippen LogP contribution in [0.4, 0.5) is 18.9 Å². The van der Waals surface area contributed by atoms with Gasteiger partial charge in [0, 0.05) is 6.92 Å². The number of halogens is 3. The Kier molecular flexibility index (Phi) is 12.3.